The zero-order valence-electron chi connectivity index (χ0n) is 12.6. The fourth-order valence-electron chi connectivity index (χ4n) is 2.65. The minimum absolute atomic E-state index is 0.518. The van der Waals surface area contributed by atoms with Crippen LogP contribution in [0.2, 0.25) is 0 Å². The molecule has 2 fully saturated rings. The third-order valence-electron chi connectivity index (χ3n) is 4.28. The van der Waals surface area contributed by atoms with Crippen molar-refractivity contribution in [2.45, 2.75) is 38.2 Å². The Morgan fingerprint density at radius 2 is 1.86 bits per heavy atom. The van der Waals surface area contributed by atoms with Gasteiger partial charge in [0.15, 0.2) is 0 Å². The molecule has 3 heteroatoms. The van der Waals surface area contributed by atoms with E-state index in [0.717, 1.165) is 16.8 Å². The number of hydrogen-bond donors (Lipinski definition) is 0. The molecule has 0 bridgehead atoms. The average Bonchev–Trinajstić information content (AvgIpc) is 3.46. The average molecular weight is 292 g/mol. The Morgan fingerprint density at radius 3 is 2.50 bits per heavy atom. The summed E-state index contributed by atoms with van der Waals surface area (Å²) in [5.74, 6) is 1.24. The fraction of sp³-hybridized carbons (Fsp3) is 0.368. The maximum absolute atomic E-state index is 5.59. The van der Waals surface area contributed by atoms with Crippen LogP contribution in [0.5, 0.6) is 0 Å². The van der Waals surface area contributed by atoms with Crippen molar-refractivity contribution in [1.82, 2.24) is 4.98 Å². The van der Waals surface area contributed by atoms with Gasteiger partial charge >= 0.3 is 0 Å². The van der Waals surface area contributed by atoms with E-state index in [9.17, 15) is 0 Å². The van der Waals surface area contributed by atoms with Crippen LogP contribution in [0.25, 0.3) is 0 Å². The molecule has 0 N–H and O–H groups in total. The number of rotatable bonds is 6. The Hall–Kier alpha value is -2.16. The molecule has 2 aliphatic carbocycles. The standard InChI is InChI=1S/C19H20N2O/c1-2-4-14(5-3-1)13-22-21-19(16-8-9-16)17-10-11-18(20-12-17)15-6-7-15/h1-5,10-12,15-16H,6-9,13H2. The highest BCUT2D eigenvalue weighted by atomic mass is 16.6. The lowest BCUT2D eigenvalue weighted by molar-refractivity contribution is 0.130. The molecular weight excluding hydrogens is 272 g/mol. The molecule has 1 aromatic carbocycles. The van der Waals surface area contributed by atoms with Crippen LogP contribution in [0.4, 0.5) is 0 Å². The summed E-state index contributed by atoms with van der Waals surface area (Å²) in [6.07, 6.45) is 6.96. The molecule has 22 heavy (non-hydrogen) atoms. The van der Waals surface area contributed by atoms with Gasteiger partial charge in [-0.1, -0.05) is 35.5 Å². The molecule has 2 saturated carbocycles. The van der Waals surface area contributed by atoms with Crippen molar-refractivity contribution in [2.75, 3.05) is 0 Å². The lowest BCUT2D eigenvalue weighted by Crippen LogP contribution is -2.06. The minimum atomic E-state index is 0.518. The second-order valence-corrected chi connectivity index (χ2v) is 6.26. The van der Waals surface area contributed by atoms with Gasteiger partial charge in [0, 0.05) is 29.3 Å². The fourth-order valence-corrected chi connectivity index (χ4v) is 2.65. The second-order valence-electron chi connectivity index (χ2n) is 6.26. The summed E-state index contributed by atoms with van der Waals surface area (Å²) in [7, 11) is 0. The molecule has 4 rings (SSSR count). The van der Waals surface area contributed by atoms with Crippen molar-refractivity contribution in [3.05, 3.63) is 65.5 Å². The van der Waals surface area contributed by atoms with Crippen LogP contribution in [0, 0.1) is 5.92 Å². The highest BCUT2D eigenvalue weighted by molar-refractivity contribution is 6.03. The summed E-state index contributed by atoms with van der Waals surface area (Å²) in [6, 6.07) is 14.5. The van der Waals surface area contributed by atoms with Crippen molar-refractivity contribution >= 4 is 5.71 Å². The SMILES string of the molecule is c1ccc(CON=C(c2ccc(C3CC3)nc2)C2CC2)cc1. The molecule has 2 aliphatic rings. The Balaban J connectivity index is 1.46. The smallest absolute Gasteiger partial charge is 0.142 e. The number of pyridine rings is 1. The molecular formula is C19H20N2O. The summed E-state index contributed by atoms with van der Waals surface area (Å²) in [4.78, 5) is 10.2. The lowest BCUT2D eigenvalue weighted by Gasteiger charge is -2.07. The summed E-state index contributed by atoms with van der Waals surface area (Å²) in [5, 5.41) is 4.42. The number of aromatic nitrogens is 1. The van der Waals surface area contributed by atoms with Gasteiger partial charge in [0.05, 0.1) is 5.71 Å². The largest absolute Gasteiger partial charge is 0.391 e. The van der Waals surface area contributed by atoms with E-state index >= 15 is 0 Å². The van der Waals surface area contributed by atoms with Crippen LogP contribution < -0.4 is 0 Å². The van der Waals surface area contributed by atoms with E-state index in [-0.39, 0.29) is 0 Å². The molecule has 0 amide bonds. The van der Waals surface area contributed by atoms with Gasteiger partial charge in [-0.3, -0.25) is 4.98 Å². The van der Waals surface area contributed by atoms with Gasteiger partial charge in [-0.2, -0.15) is 0 Å². The molecule has 0 unspecified atom stereocenters. The zero-order valence-corrected chi connectivity index (χ0v) is 12.6. The summed E-state index contributed by atoms with van der Waals surface area (Å²) >= 11 is 0. The first kappa shape index (κ1) is 13.5. The maximum Gasteiger partial charge on any atom is 0.142 e. The van der Waals surface area contributed by atoms with Crippen molar-refractivity contribution in [3.8, 4) is 0 Å². The third kappa shape index (κ3) is 3.19. The van der Waals surface area contributed by atoms with Gasteiger partial charge < -0.3 is 4.84 Å². The first-order valence-corrected chi connectivity index (χ1v) is 8.10. The van der Waals surface area contributed by atoms with E-state index in [1.165, 1.54) is 31.4 Å². The van der Waals surface area contributed by atoms with Gasteiger partial charge in [-0.25, -0.2) is 0 Å². The van der Waals surface area contributed by atoms with E-state index < -0.39 is 0 Å². The second kappa shape index (κ2) is 5.91. The Kier molecular flexibility index (Phi) is 3.63. The lowest BCUT2D eigenvalue weighted by atomic mass is 10.1. The maximum atomic E-state index is 5.59. The van der Waals surface area contributed by atoms with Gasteiger partial charge in [0.1, 0.15) is 6.61 Å². The van der Waals surface area contributed by atoms with E-state index in [0.29, 0.717) is 18.4 Å². The van der Waals surface area contributed by atoms with Crippen LogP contribution in [-0.4, -0.2) is 10.7 Å². The number of hydrogen-bond acceptors (Lipinski definition) is 3. The van der Waals surface area contributed by atoms with Crippen LogP contribution in [0.15, 0.2) is 53.8 Å². The normalized spacial score (nSPS) is 18.3. The number of oxime groups is 1. The van der Waals surface area contributed by atoms with E-state index in [1.807, 2.05) is 24.4 Å². The first-order valence-electron chi connectivity index (χ1n) is 8.10. The minimum Gasteiger partial charge on any atom is -0.391 e. The number of benzene rings is 1. The van der Waals surface area contributed by atoms with Gasteiger partial charge in [-0.05, 0) is 43.4 Å². The van der Waals surface area contributed by atoms with Gasteiger partial charge in [0.2, 0.25) is 0 Å². The Labute approximate surface area is 131 Å². The highest BCUT2D eigenvalue weighted by Gasteiger charge is 2.30. The molecule has 0 saturated heterocycles. The molecule has 3 nitrogen and oxygen atoms in total. The molecule has 0 aliphatic heterocycles. The molecule has 0 radical (unpaired) electrons. The molecule has 112 valence electrons. The van der Waals surface area contributed by atoms with Gasteiger partial charge in [0.25, 0.3) is 0 Å². The molecule has 1 aromatic heterocycles. The number of nitrogens with zero attached hydrogens (tertiary/aromatic N) is 2. The van der Waals surface area contributed by atoms with Crippen LogP contribution >= 0.6 is 0 Å². The predicted molar refractivity (Wildman–Crippen MR) is 86.7 cm³/mol. The highest BCUT2D eigenvalue weighted by Crippen LogP contribution is 2.39. The zero-order chi connectivity index (χ0) is 14.8. The molecule has 0 spiro atoms. The van der Waals surface area contributed by atoms with Crippen LogP contribution in [-0.2, 0) is 11.4 Å². The van der Waals surface area contributed by atoms with E-state index in [1.54, 1.807) is 0 Å². The van der Waals surface area contributed by atoms with Gasteiger partial charge in [-0.15, -0.1) is 0 Å². The van der Waals surface area contributed by atoms with E-state index in [2.05, 4.69) is 34.4 Å². The molecule has 0 atom stereocenters. The van der Waals surface area contributed by atoms with Crippen molar-refractivity contribution in [1.29, 1.82) is 0 Å². The molecule has 1 heterocycles. The predicted octanol–water partition coefficient (Wildman–Crippen LogP) is 4.29. The monoisotopic (exact) mass is 292 g/mol. The summed E-state index contributed by atoms with van der Waals surface area (Å²) in [6.45, 7) is 0.518. The van der Waals surface area contributed by atoms with Crippen molar-refractivity contribution in [3.63, 3.8) is 0 Å². The Bertz CT molecular complexity index is 656. The van der Waals surface area contributed by atoms with Crippen molar-refractivity contribution in [2.24, 2.45) is 11.1 Å². The summed E-state index contributed by atoms with van der Waals surface area (Å²) in [5.41, 5.74) is 4.54. The van der Waals surface area contributed by atoms with E-state index in [4.69, 9.17) is 4.84 Å². The van der Waals surface area contributed by atoms with Crippen LogP contribution in [0.1, 0.15) is 48.4 Å². The summed E-state index contributed by atoms with van der Waals surface area (Å²) < 4.78 is 0. The quantitative estimate of drug-likeness (QED) is 0.588. The topological polar surface area (TPSA) is 34.5 Å². The molecule has 2 aromatic rings. The van der Waals surface area contributed by atoms with Crippen LogP contribution in [0.3, 0.4) is 0 Å². The third-order valence-corrected chi connectivity index (χ3v) is 4.28. The first-order chi connectivity index (χ1) is 10.9. The van der Waals surface area contributed by atoms with Crippen molar-refractivity contribution < 1.29 is 4.84 Å². The Morgan fingerprint density at radius 1 is 1.05 bits per heavy atom.